The number of hydrogen-bond donors (Lipinski definition) is 2. The summed E-state index contributed by atoms with van der Waals surface area (Å²) in [7, 11) is 0. The number of anilines is 1. The van der Waals surface area contributed by atoms with E-state index in [1.54, 1.807) is 0 Å². The zero-order valence-electron chi connectivity index (χ0n) is 11.0. The van der Waals surface area contributed by atoms with E-state index in [1.165, 1.54) is 17.5 Å². The van der Waals surface area contributed by atoms with Crippen LogP contribution >= 0.6 is 0 Å². The molecule has 1 fully saturated rings. The van der Waals surface area contributed by atoms with Gasteiger partial charge in [0.05, 0.1) is 6.10 Å². The molecule has 1 aliphatic heterocycles. The number of nitrogens with zero attached hydrogens (tertiary/aromatic N) is 1. The molecule has 1 aromatic rings. The Labute approximate surface area is 109 Å². The van der Waals surface area contributed by atoms with Crippen LogP contribution in [0.5, 0.6) is 0 Å². The van der Waals surface area contributed by atoms with Gasteiger partial charge in [-0.2, -0.15) is 0 Å². The highest BCUT2D eigenvalue weighted by Gasteiger charge is 2.33. The molecular weight excluding hydrogens is 224 g/mol. The molecule has 18 heavy (non-hydrogen) atoms. The molecule has 2 aliphatic rings. The second-order valence-corrected chi connectivity index (χ2v) is 5.84. The van der Waals surface area contributed by atoms with Gasteiger partial charge in [-0.15, -0.1) is 0 Å². The van der Waals surface area contributed by atoms with E-state index < -0.39 is 0 Å². The summed E-state index contributed by atoms with van der Waals surface area (Å²) in [5, 5.41) is 10.0. The largest absolute Gasteiger partial charge is 0.399 e. The number of likely N-dealkylation sites (tertiary alicyclic amines) is 1. The van der Waals surface area contributed by atoms with Crippen LogP contribution in [-0.2, 0) is 6.42 Å². The number of benzene rings is 1. The summed E-state index contributed by atoms with van der Waals surface area (Å²) in [6.07, 6.45) is 3.21. The molecule has 3 heteroatoms. The first-order valence-corrected chi connectivity index (χ1v) is 6.95. The predicted molar refractivity (Wildman–Crippen MR) is 73.3 cm³/mol. The number of aliphatic hydroxyl groups is 1. The minimum atomic E-state index is -0.170. The van der Waals surface area contributed by atoms with Gasteiger partial charge in [-0.1, -0.05) is 13.0 Å². The van der Waals surface area contributed by atoms with Crippen molar-refractivity contribution in [3.8, 4) is 0 Å². The van der Waals surface area contributed by atoms with Crippen molar-refractivity contribution in [1.82, 2.24) is 4.90 Å². The molecule has 1 aromatic carbocycles. The van der Waals surface area contributed by atoms with Gasteiger partial charge in [-0.25, -0.2) is 0 Å². The molecular formula is C15H22N2O. The van der Waals surface area contributed by atoms with Crippen molar-refractivity contribution in [3.05, 3.63) is 29.3 Å². The number of nitrogens with two attached hydrogens (primary N) is 1. The summed E-state index contributed by atoms with van der Waals surface area (Å²) in [5.41, 5.74) is 9.52. The van der Waals surface area contributed by atoms with E-state index in [2.05, 4.69) is 24.0 Å². The molecule has 1 heterocycles. The summed E-state index contributed by atoms with van der Waals surface area (Å²) in [6.45, 7) is 4.06. The van der Waals surface area contributed by atoms with E-state index in [1.807, 2.05) is 6.07 Å². The molecule has 3 nitrogen and oxygen atoms in total. The number of hydrogen-bond acceptors (Lipinski definition) is 3. The molecule has 1 saturated heterocycles. The Balaban J connectivity index is 1.80. The molecule has 0 bridgehead atoms. The first-order valence-electron chi connectivity index (χ1n) is 6.95. The van der Waals surface area contributed by atoms with Crippen LogP contribution in [0.15, 0.2) is 18.2 Å². The summed E-state index contributed by atoms with van der Waals surface area (Å²) < 4.78 is 0. The number of aliphatic hydroxyl groups excluding tert-OH is 1. The van der Waals surface area contributed by atoms with Crippen LogP contribution in [0.25, 0.3) is 0 Å². The number of fused-ring (bicyclic) bond motifs is 1. The lowest BCUT2D eigenvalue weighted by molar-refractivity contribution is 0.00976. The zero-order valence-corrected chi connectivity index (χ0v) is 11.0. The Morgan fingerprint density at radius 1 is 1.33 bits per heavy atom. The second kappa shape index (κ2) is 4.56. The van der Waals surface area contributed by atoms with E-state index in [0.717, 1.165) is 31.6 Å². The molecule has 3 atom stereocenters. The Morgan fingerprint density at radius 3 is 2.94 bits per heavy atom. The van der Waals surface area contributed by atoms with Crippen molar-refractivity contribution < 1.29 is 5.11 Å². The molecule has 3 N–H and O–H groups in total. The van der Waals surface area contributed by atoms with Gasteiger partial charge in [0.2, 0.25) is 0 Å². The first-order chi connectivity index (χ1) is 8.65. The van der Waals surface area contributed by atoms with Gasteiger partial charge in [-0.05, 0) is 55.0 Å². The smallest absolute Gasteiger partial charge is 0.0693 e. The SMILES string of the molecule is CC1CCN(C2CCc3cc(N)ccc32)CC1O. The van der Waals surface area contributed by atoms with Crippen molar-refractivity contribution in [2.75, 3.05) is 18.8 Å². The van der Waals surface area contributed by atoms with Crippen LogP contribution in [0.2, 0.25) is 0 Å². The second-order valence-electron chi connectivity index (χ2n) is 5.84. The Kier molecular flexibility index (Phi) is 3.04. The van der Waals surface area contributed by atoms with Crippen LogP contribution in [0.3, 0.4) is 0 Å². The molecule has 0 saturated carbocycles. The van der Waals surface area contributed by atoms with Crippen LogP contribution in [0, 0.1) is 5.92 Å². The molecule has 98 valence electrons. The maximum Gasteiger partial charge on any atom is 0.0693 e. The standard InChI is InChI=1S/C15H22N2O/c1-10-6-7-17(9-15(10)18)14-5-2-11-8-12(16)3-4-13(11)14/h3-4,8,10,14-15,18H,2,5-7,9,16H2,1H3. The lowest BCUT2D eigenvalue weighted by Crippen LogP contribution is -2.44. The van der Waals surface area contributed by atoms with Gasteiger partial charge in [-0.3, -0.25) is 4.90 Å². The fourth-order valence-electron chi connectivity index (χ4n) is 3.35. The molecule has 3 unspecified atom stereocenters. The van der Waals surface area contributed by atoms with Crippen molar-refractivity contribution in [2.45, 2.75) is 38.3 Å². The van der Waals surface area contributed by atoms with Crippen molar-refractivity contribution in [3.63, 3.8) is 0 Å². The zero-order chi connectivity index (χ0) is 12.7. The van der Waals surface area contributed by atoms with E-state index in [4.69, 9.17) is 5.73 Å². The fourth-order valence-corrected chi connectivity index (χ4v) is 3.35. The highest BCUT2D eigenvalue weighted by atomic mass is 16.3. The van der Waals surface area contributed by atoms with Gasteiger partial charge in [0, 0.05) is 18.3 Å². The lowest BCUT2D eigenvalue weighted by atomic mass is 9.94. The molecule has 0 radical (unpaired) electrons. The van der Waals surface area contributed by atoms with Crippen molar-refractivity contribution >= 4 is 5.69 Å². The maximum absolute atomic E-state index is 10.0. The topological polar surface area (TPSA) is 49.5 Å². The molecule has 0 spiro atoms. The minimum Gasteiger partial charge on any atom is -0.399 e. The third-order valence-electron chi connectivity index (χ3n) is 4.60. The third kappa shape index (κ3) is 2.02. The summed E-state index contributed by atoms with van der Waals surface area (Å²) in [6, 6.07) is 6.77. The number of nitrogen functional groups attached to an aromatic ring is 1. The number of aryl methyl sites for hydroxylation is 1. The highest BCUT2D eigenvalue weighted by molar-refractivity contribution is 5.47. The predicted octanol–water partition coefficient (Wildman–Crippen LogP) is 1.96. The summed E-state index contributed by atoms with van der Waals surface area (Å²) in [5.74, 6) is 0.438. The summed E-state index contributed by atoms with van der Waals surface area (Å²) >= 11 is 0. The molecule has 1 aliphatic carbocycles. The fraction of sp³-hybridized carbons (Fsp3) is 0.600. The van der Waals surface area contributed by atoms with Crippen LogP contribution in [0.1, 0.15) is 36.9 Å². The van der Waals surface area contributed by atoms with Crippen LogP contribution < -0.4 is 5.73 Å². The summed E-state index contributed by atoms with van der Waals surface area (Å²) in [4.78, 5) is 2.45. The Morgan fingerprint density at radius 2 is 2.17 bits per heavy atom. The van der Waals surface area contributed by atoms with Gasteiger partial charge in [0.15, 0.2) is 0 Å². The Hall–Kier alpha value is -1.06. The number of β-amino-alcohol motifs (C(OH)–C–C–N with tert-alkyl or cyclic N) is 1. The quantitative estimate of drug-likeness (QED) is 0.745. The lowest BCUT2D eigenvalue weighted by Gasteiger charge is -2.38. The molecule has 0 amide bonds. The van der Waals surface area contributed by atoms with E-state index in [9.17, 15) is 5.11 Å². The molecule has 0 aromatic heterocycles. The van der Waals surface area contributed by atoms with Gasteiger partial charge < -0.3 is 10.8 Å². The van der Waals surface area contributed by atoms with E-state index >= 15 is 0 Å². The van der Waals surface area contributed by atoms with Crippen LogP contribution in [0.4, 0.5) is 5.69 Å². The van der Waals surface area contributed by atoms with Gasteiger partial charge in [0.1, 0.15) is 0 Å². The number of rotatable bonds is 1. The van der Waals surface area contributed by atoms with Gasteiger partial charge >= 0.3 is 0 Å². The van der Waals surface area contributed by atoms with Gasteiger partial charge in [0.25, 0.3) is 0 Å². The van der Waals surface area contributed by atoms with E-state index in [-0.39, 0.29) is 6.10 Å². The normalized spacial score (nSPS) is 32.4. The highest BCUT2D eigenvalue weighted by Crippen LogP contribution is 2.38. The number of piperidine rings is 1. The van der Waals surface area contributed by atoms with Crippen LogP contribution in [-0.4, -0.2) is 29.2 Å². The minimum absolute atomic E-state index is 0.170. The van der Waals surface area contributed by atoms with Crippen molar-refractivity contribution in [2.24, 2.45) is 5.92 Å². The monoisotopic (exact) mass is 246 g/mol. The average molecular weight is 246 g/mol. The van der Waals surface area contributed by atoms with E-state index in [0.29, 0.717) is 12.0 Å². The third-order valence-corrected chi connectivity index (χ3v) is 4.60. The first kappa shape index (κ1) is 12.0. The average Bonchev–Trinajstić information content (AvgIpc) is 2.75. The molecule has 3 rings (SSSR count). The maximum atomic E-state index is 10.0. The van der Waals surface area contributed by atoms with Crippen molar-refractivity contribution in [1.29, 1.82) is 0 Å². The Bertz CT molecular complexity index is 446.